The quantitative estimate of drug-likeness (QED) is 0.709. The number of aryl methyl sites for hydroxylation is 1. The van der Waals surface area contributed by atoms with Crippen molar-refractivity contribution in [3.63, 3.8) is 0 Å². The summed E-state index contributed by atoms with van der Waals surface area (Å²) in [6.07, 6.45) is 0.784. The molecule has 0 spiro atoms. The maximum absolute atomic E-state index is 12.4. The predicted molar refractivity (Wildman–Crippen MR) is 100 cm³/mol. The van der Waals surface area contributed by atoms with Gasteiger partial charge in [0.15, 0.2) is 0 Å². The van der Waals surface area contributed by atoms with Crippen LogP contribution in [0.15, 0.2) is 51.7 Å². The van der Waals surface area contributed by atoms with Crippen molar-refractivity contribution >= 4 is 23.4 Å². The molecule has 1 N–H and O–H groups in total. The van der Waals surface area contributed by atoms with E-state index in [4.69, 9.17) is 4.42 Å². The Bertz CT molecular complexity index is 966. The second kappa shape index (κ2) is 6.90. The zero-order chi connectivity index (χ0) is 16.7. The van der Waals surface area contributed by atoms with Gasteiger partial charge in [-0.25, -0.2) is 4.79 Å². The van der Waals surface area contributed by atoms with E-state index in [0.29, 0.717) is 23.3 Å². The summed E-state index contributed by atoms with van der Waals surface area (Å²) in [7, 11) is 0. The summed E-state index contributed by atoms with van der Waals surface area (Å²) >= 11 is 0. The molecule has 0 unspecified atom stereocenters. The van der Waals surface area contributed by atoms with Crippen LogP contribution in [0.1, 0.15) is 22.3 Å². The Balaban J connectivity index is 0.00000182. The summed E-state index contributed by atoms with van der Waals surface area (Å²) in [6, 6.07) is 13.7. The van der Waals surface area contributed by atoms with Gasteiger partial charge in [0.05, 0.1) is 5.56 Å². The molecule has 0 aliphatic carbocycles. The van der Waals surface area contributed by atoms with E-state index >= 15 is 0 Å². The molecule has 4 nitrogen and oxygen atoms in total. The van der Waals surface area contributed by atoms with E-state index in [0.717, 1.165) is 30.5 Å². The van der Waals surface area contributed by atoms with Crippen molar-refractivity contribution in [2.24, 2.45) is 0 Å². The average Bonchev–Trinajstić information content (AvgIpc) is 2.58. The summed E-state index contributed by atoms with van der Waals surface area (Å²) in [5.41, 5.74) is 3.98. The van der Waals surface area contributed by atoms with Crippen LogP contribution in [0.25, 0.3) is 11.0 Å². The highest BCUT2D eigenvalue weighted by molar-refractivity contribution is 5.85. The molecule has 1 aliphatic heterocycles. The van der Waals surface area contributed by atoms with Gasteiger partial charge >= 0.3 is 5.63 Å². The number of hydrogen-bond acceptors (Lipinski definition) is 4. The monoisotopic (exact) mass is 357 g/mol. The van der Waals surface area contributed by atoms with Gasteiger partial charge in [-0.1, -0.05) is 30.3 Å². The fourth-order valence-corrected chi connectivity index (χ4v) is 3.43. The van der Waals surface area contributed by atoms with Gasteiger partial charge in [-0.2, -0.15) is 0 Å². The third-order valence-corrected chi connectivity index (χ3v) is 4.75. The third kappa shape index (κ3) is 3.28. The number of benzene rings is 2. The molecule has 0 radical (unpaired) electrons. The fourth-order valence-electron chi connectivity index (χ4n) is 3.43. The van der Waals surface area contributed by atoms with Gasteiger partial charge in [0.2, 0.25) is 0 Å². The van der Waals surface area contributed by atoms with Gasteiger partial charge in [-0.3, -0.25) is 4.90 Å². The Hall–Kier alpha value is -2.30. The minimum atomic E-state index is -0.264. The lowest BCUT2D eigenvalue weighted by Crippen LogP contribution is -2.33. The van der Waals surface area contributed by atoms with Crippen molar-refractivity contribution in [3.8, 4) is 5.75 Å². The molecule has 3 aromatic rings. The second-order valence-corrected chi connectivity index (χ2v) is 6.43. The van der Waals surface area contributed by atoms with Gasteiger partial charge < -0.3 is 9.52 Å². The normalized spacial score (nSPS) is 14.1. The van der Waals surface area contributed by atoms with Crippen molar-refractivity contribution in [2.75, 3.05) is 6.54 Å². The second-order valence-electron chi connectivity index (χ2n) is 6.43. The third-order valence-electron chi connectivity index (χ3n) is 4.75. The van der Waals surface area contributed by atoms with Gasteiger partial charge in [-0.15, -0.1) is 12.4 Å². The fraction of sp³-hybridized carbons (Fsp3) is 0.250. The molecule has 2 aromatic carbocycles. The standard InChI is InChI=1S/C20H19NO3.ClH/c1-13-9-19-16(10-18(13)22)15-7-8-21(12-17(15)20(23)24-19)11-14-5-3-2-4-6-14;/h2-6,9-10,22H,7-8,11-12H2,1H3;1H. The van der Waals surface area contributed by atoms with Crippen molar-refractivity contribution in [1.29, 1.82) is 0 Å². The van der Waals surface area contributed by atoms with Crippen LogP contribution in [0.2, 0.25) is 0 Å². The Morgan fingerprint density at radius 2 is 1.92 bits per heavy atom. The maximum Gasteiger partial charge on any atom is 0.341 e. The van der Waals surface area contributed by atoms with Crippen LogP contribution in [0.5, 0.6) is 5.75 Å². The van der Waals surface area contributed by atoms with Crippen LogP contribution < -0.4 is 5.63 Å². The van der Waals surface area contributed by atoms with Gasteiger partial charge in [-0.05, 0) is 42.2 Å². The molecule has 5 heteroatoms. The molecule has 1 aromatic heterocycles. The molecule has 1 aliphatic rings. The van der Waals surface area contributed by atoms with Gasteiger partial charge in [0, 0.05) is 25.0 Å². The van der Waals surface area contributed by atoms with Crippen LogP contribution in [0, 0.1) is 6.92 Å². The van der Waals surface area contributed by atoms with Crippen LogP contribution in [0.3, 0.4) is 0 Å². The molecule has 4 rings (SSSR count). The van der Waals surface area contributed by atoms with E-state index in [-0.39, 0.29) is 23.8 Å². The average molecular weight is 358 g/mol. The first-order valence-corrected chi connectivity index (χ1v) is 8.16. The van der Waals surface area contributed by atoms with Crippen LogP contribution >= 0.6 is 12.4 Å². The first-order valence-electron chi connectivity index (χ1n) is 8.16. The van der Waals surface area contributed by atoms with E-state index in [9.17, 15) is 9.90 Å². The molecule has 0 fully saturated rings. The van der Waals surface area contributed by atoms with Crippen molar-refractivity contribution < 1.29 is 9.52 Å². The first-order chi connectivity index (χ1) is 11.6. The van der Waals surface area contributed by atoms with E-state index < -0.39 is 0 Å². The van der Waals surface area contributed by atoms with E-state index in [1.54, 1.807) is 19.1 Å². The highest BCUT2D eigenvalue weighted by Gasteiger charge is 2.23. The van der Waals surface area contributed by atoms with Crippen molar-refractivity contribution in [2.45, 2.75) is 26.4 Å². The molecule has 0 saturated heterocycles. The highest BCUT2D eigenvalue weighted by Crippen LogP contribution is 2.30. The summed E-state index contributed by atoms with van der Waals surface area (Å²) in [4.78, 5) is 14.7. The van der Waals surface area contributed by atoms with E-state index in [2.05, 4.69) is 17.0 Å². The summed E-state index contributed by atoms with van der Waals surface area (Å²) < 4.78 is 5.50. The molecule has 0 amide bonds. The van der Waals surface area contributed by atoms with Gasteiger partial charge in [0.1, 0.15) is 11.3 Å². The number of fused-ring (bicyclic) bond motifs is 3. The lowest BCUT2D eigenvalue weighted by Gasteiger charge is -2.28. The van der Waals surface area contributed by atoms with E-state index in [1.807, 2.05) is 18.2 Å². The molecule has 0 saturated carbocycles. The molecular weight excluding hydrogens is 338 g/mol. The Morgan fingerprint density at radius 3 is 2.68 bits per heavy atom. The highest BCUT2D eigenvalue weighted by atomic mass is 35.5. The molecular formula is C20H20ClNO3. The van der Waals surface area contributed by atoms with E-state index in [1.165, 1.54) is 5.56 Å². The van der Waals surface area contributed by atoms with Gasteiger partial charge in [0.25, 0.3) is 0 Å². The SMILES string of the molecule is Cc1cc2oc(=O)c3c(c2cc1O)CCN(Cc1ccccc1)C3.Cl. The van der Waals surface area contributed by atoms with Crippen molar-refractivity contribution in [3.05, 3.63) is 75.1 Å². The number of hydrogen-bond donors (Lipinski definition) is 1. The predicted octanol–water partition coefficient (Wildman–Crippen LogP) is 3.79. The Kier molecular flexibility index (Phi) is 4.84. The Morgan fingerprint density at radius 1 is 1.16 bits per heavy atom. The minimum Gasteiger partial charge on any atom is -0.508 e. The smallest absolute Gasteiger partial charge is 0.341 e. The molecule has 25 heavy (non-hydrogen) atoms. The molecule has 2 heterocycles. The zero-order valence-corrected chi connectivity index (χ0v) is 14.8. The Labute approximate surface area is 152 Å². The zero-order valence-electron chi connectivity index (χ0n) is 14.0. The molecule has 0 atom stereocenters. The number of halogens is 1. The van der Waals surface area contributed by atoms with Crippen molar-refractivity contribution in [1.82, 2.24) is 4.90 Å². The number of phenolic OH excluding ortho intramolecular Hbond substituents is 1. The summed E-state index contributed by atoms with van der Waals surface area (Å²) in [5.74, 6) is 0.241. The van der Waals surface area contributed by atoms with Crippen LogP contribution in [-0.4, -0.2) is 16.6 Å². The van der Waals surface area contributed by atoms with Crippen LogP contribution in [-0.2, 0) is 19.5 Å². The maximum atomic E-state index is 12.4. The first kappa shape index (κ1) is 17.5. The minimum absolute atomic E-state index is 0. The lowest BCUT2D eigenvalue weighted by molar-refractivity contribution is 0.241. The number of nitrogens with zero attached hydrogens (tertiary/aromatic N) is 1. The molecule has 130 valence electrons. The summed E-state index contributed by atoms with van der Waals surface area (Å²) in [5, 5.41) is 10.9. The number of rotatable bonds is 2. The lowest BCUT2D eigenvalue weighted by atomic mass is 9.96. The summed E-state index contributed by atoms with van der Waals surface area (Å²) in [6.45, 7) is 4.08. The molecule has 0 bridgehead atoms. The number of aromatic hydroxyl groups is 1. The topological polar surface area (TPSA) is 53.7 Å². The largest absolute Gasteiger partial charge is 0.508 e. The van der Waals surface area contributed by atoms with Crippen LogP contribution in [0.4, 0.5) is 0 Å². The number of phenols is 1.